The lowest BCUT2D eigenvalue weighted by atomic mass is 10.3. The van der Waals surface area contributed by atoms with Crippen LogP contribution in [-0.4, -0.2) is 25.1 Å². The zero-order valence-corrected chi connectivity index (χ0v) is 15.4. The van der Waals surface area contributed by atoms with Crippen molar-refractivity contribution in [1.82, 2.24) is 10.3 Å². The molecule has 0 saturated heterocycles. The van der Waals surface area contributed by atoms with Crippen LogP contribution in [-0.2, 0) is 6.54 Å². The Hall–Kier alpha value is -1.60. The molecule has 1 aromatic heterocycles. The summed E-state index contributed by atoms with van der Waals surface area (Å²) in [5.41, 5.74) is 1.65. The number of halogens is 2. The quantitative estimate of drug-likeness (QED) is 0.775. The Morgan fingerprint density at radius 1 is 1.23 bits per heavy atom. The number of pyridine rings is 1. The number of carbonyl (C=O) groups is 1. The van der Waals surface area contributed by atoms with Crippen molar-refractivity contribution in [3.63, 3.8) is 0 Å². The molecule has 7 heteroatoms. The third kappa shape index (κ3) is 4.71. The van der Waals surface area contributed by atoms with E-state index in [1.807, 2.05) is 49.3 Å². The molecule has 0 atom stereocenters. The van der Waals surface area contributed by atoms with Gasteiger partial charge in [-0.15, -0.1) is 0 Å². The van der Waals surface area contributed by atoms with Gasteiger partial charge in [0.2, 0.25) is 0 Å². The summed E-state index contributed by atoms with van der Waals surface area (Å²) in [4.78, 5) is 18.1. The minimum atomic E-state index is -0.264. The van der Waals surface area contributed by atoms with Crippen molar-refractivity contribution in [1.29, 1.82) is 0 Å². The molecule has 0 saturated carbocycles. The molecule has 2 amide bonds. The molecule has 22 heavy (non-hydrogen) atoms. The van der Waals surface area contributed by atoms with Gasteiger partial charge in [0.25, 0.3) is 0 Å². The molecule has 0 radical (unpaired) electrons. The minimum absolute atomic E-state index is 0.264. The van der Waals surface area contributed by atoms with Crippen molar-refractivity contribution in [3.8, 4) is 0 Å². The van der Waals surface area contributed by atoms with Crippen molar-refractivity contribution >= 4 is 49.4 Å². The molecule has 116 valence electrons. The molecule has 0 aliphatic rings. The van der Waals surface area contributed by atoms with Gasteiger partial charge in [-0.05, 0) is 45.8 Å². The van der Waals surface area contributed by atoms with Crippen LogP contribution < -0.4 is 15.5 Å². The van der Waals surface area contributed by atoms with Crippen LogP contribution in [0.15, 0.2) is 45.5 Å². The number of benzene rings is 1. The molecule has 1 aromatic carbocycles. The van der Waals surface area contributed by atoms with E-state index in [4.69, 9.17) is 0 Å². The molecule has 5 nitrogen and oxygen atoms in total. The maximum absolute atomic E-state index is 11.9. The second-order valence-electron chi connectivity index (χ2n) is 4.85. The highest BCUT2D eigenvalue weighted by atomic mass is 79.9. The Morgan fingerprint density at radius 3 is 2.59 bits per heavy atom. The van der Waals surface area contributed by atoms with Gasteiger partial charge in [0, 0.05) is 35.8 Å². The largest absolute Gasteiger partial charge is 0.363 e. The first-order chi connectivity index (χ1) is 10.5. The van der Waals surface area contributed by atoms with Gasteiger partial charge in [-0.3, -0.25) is 0 Å². The van der Waals surface area contributed by atoms with Gasteiger partial charge < -0.3 is 15.5 Å². The number of nitrogens with one attached hydrogen (secondary N) is 2. The van der Waals surface area contributed by atoms with Crippen molar-refractivity contribution in [3.05, 3.63) is 51.0 Å². The third-order valence-corrected chi connectivity index (χ3v) is 4.05. The molecule has 1 heterocycles. The molecule has 0 aliphatic heterocycles. The highest BCUT2D eigenvalue weighted by Gasteiger charge is 2.06. The van der Waals surface area contributed by atoms with Crippen LogP contribution in [0.5, 0.6) is 0 Å². The summed E-state index contributed by atoms with van der Waals surface area (Å²) in [5, 5.41) is 5.59. The number of amides is 2. The smallest absolute Gasteiger partial charge is 0.319 e. The number of urea groups is 1. The number of rotatable bonds is 4. The van der Waals surface area contributed by atoms with Crippen LogP contribution >= 0.6 is 31.9 Å². The lowest BCUT2D eigenvalue weighted by Crippen LogP contribution is -2.28. The second kappa shape index (κ2) is 7.60. The lowest BCUT2D eigenvalue weighted by Gasteiger charge is -2.12. The standard InChI is InChI=1S/C15H16Br2N4O/c1-21(2)14-6-3-10(8-18-14)9-19-15(22)20-13-5-4-11(16)7-12(13)17/h3-8H,9H2,1-2H3,(H2,19,20,22). The highest BCUT2D eigenvalue weighted by Crippen LogP contribution is 2.25. The van der Waals surface area contributed by atoms with Crippen molar-refractivity contribution in [2.45, 2.75) is 6.54 Å². The molecule has 2 aromatic rings. The molecule has 0 unspecified atom stereocenters. The van der Waals surface area contributed by atoms with Crippen LogP contribution in [0.4, 0.5) is 16.3 Å². The average Bonchev–Trinajstić information content (AvgIpc) is 2.48. The summed E-state index contributed by atoms with van der Waals surface area (Å²) in [6, 6.07) is 9.16. The summed E-state index contributed by atoms with van der Waals surface area (Å²) in [7, 11) is 3.87. The van der Waals surface area contributed by atoms with E-state index in [1.54, 1.807) is 6.20 Å². The number of nitrogens with zero attached hydrogens (tertiary/aromatic N) is 2. The third-order valence-electron chi connectivity index (χ3n) is 2.90. The summed E-state index contributed by atoms with van der Waals surface area (Å²) in [6.07, 6.45) is 1.76. The number of hydrogen-bond donors (Lipinski definition) is 2. The fourth-order valence-electron chi connectivity index (χ4n) is 1.73. The van der Waals surface area contributed by atoms with E-state index in [0.29, 0.717) is 12.2 Å². The van der Waals surface area contributed by atoms with Crippen LogP contribution in [0.1, 0.15) is 5.56 Å². The molecular formula is C15H16Br2N4O. The molecule has 2 N–H and O–H groups in total. The topological polar surface area (TPSA) is 57.3 Å². The van der Waals surface area contributed by atoms with Gasteiger partial charge >= 0.3 is 6.03 Å². The molecular weight excluding hydrogens is 412 g/mol. The maximum Gasteiger partial charge on any atom is 0.319 e. The summed E-state index contributed by atoms with van der Waals surface area (Å²) < 4.78 is 1.76. The molecule has 0 spiro atoms. The molecule has 0 bridgehead atoms. The van der Waals surface area contributed by atoms with Crippen LogP contribution in [0.3, 0.4) is 0 Å². The number of aromatic nitrogens is 1. The SMILES string of the molecule is CN(C)c1ccc(CNC(=O)Nc2ccc(Br)cc2Br)cn1. The van der Waals surface area contributed by atoms with E-state index >= 15 is 0 Å². The van der Waals surface area contributed by atoms with Gasteiger partial charge in [0.15, 0.2) is 0 Å². The Bertz CT molecular complexity index is 659. The zero-order valence-electron chi connectivity index (χ0n) is 12.2. The van der Waals surface area contributed by atoms with Crippen LogP contribution in [0.2, 0.25) is 0 Å². The van der Waals surface area contributed by atoms with E-state index in [9.17, 15) is 4.79 Å². The van der Waals surface area contributed by atoms with E-state index in [2.05, 4.69) is 47.5 Å². The summed E-state index contributed by atoms with van der Waals surface area (Å²) >= 11 is 6.78. The molecule has 2 rings (SSSR count). The number of anilines is 2. The predicted octanol–water partition coefficient (Wildman–Crippen LogP) is 3.99. The Kier molecular flexibility index (Phi) is 5.79. The van der Waals surface area contributed by atoms with Crippen LogP contribution in [0.25, 0.3) is 0 Å². The Morgan fingerprint density at radius 2 is 2.00 bits per heavy atom. The minimum Gasteiger partial charge on any atom is -0.363 e. The first kappa shape index (κ1) is 16.8. The number of hydrogen-bond acceptors (Lipinski definition) is 3. The van der Waals surface area contributed by atoms with Crippen molar-refractivity contribution in [2.75, 3.05) is 24.3 Å². The highest BCUT2D eigenvalue weighted by molar-refractivity contribution is 9.11. The second-order valence-corrected chi connectivity index (χ2v) is 6.62. The van der Waals surface area contributed by atoms with Gasteiger partial charge in [-0.25, -0.2) is 9.78 Å². The van der Waals surface area contributed by atoms with E-state index in [1.165, 1.54) is 0 Å². The van der Waals surface area contributed by atoms with Gasteiger partial charge in [-0.1, -0.05) is 22.0 Å². The Balaban J connectivity index is 1.89. The number of carbonyl (C=O) groups excluding carboxylic acids is 1. The van der Waals surface area contributed by atoms with Crippen molar-refractivity contribution in [2.24, 2.45) is 0 Å². The first-order valence-electron chi connectivity index (χ1n) is 6.58. The monoisotopic (exact) mass is 426 g/mol. The zero-order chi connectivity index (χ0) is 16.1. The van der Waals surface area contributed by atoms with E-state index < -0.39 is 0 Å². The van der Waals surface area contributed by atoms with Crippen molar-refractivity contribution < 1.29 is 4.79 Å². The summed E-state index contributed by atoms with van der Waals surface area (Å²) in [5.74, 6) is 0.881. The summed E-state index contributed by atoms with van der Waals surface area (Å²) in [6.45, 7) is 0.417. The Labute approximate surface area is 146 Å². The van der Waals surface area contributed by atoms with Gasteiger partial charge in [0.1, 0.15) is 5.82 Å². The average molecular weight is 428 g/mol. The fraction of sp³-hybridized carbons (Fsp3) is 0.200. The van der Waals surface area contributed by atoms with Gasteiger partial charge in [-0.2, -0.15) is 0 Å². The fourth-order valence-corrected chi connectivity index (χ4v) is 2.87. The van der Waals surface area contributed by atoms with Crippen LogP contribution in [0, 0.1) is 0 Å². The maximum atomic E-state index is 11.9. The predicted molar refractivity (Wildman–Crippen MR) is 96.3 cm³/mol. The molecule has 0 aliphatic carbocycles. The van der Waals surface area contributed by atoms with E-state index in [0.717, 1.165) is 20.3 Å². The lowest BCUT2D eigenvalue weighted by molar-refractivity contribution is 0.251. The van der Waals surface area contributed by atoms with Gasteiger partial charge in [0.05, 0.1) is 5.69 Å². The normalized spacial score (nSPS) is 10.2. The molecule has 0 fully saturated rings. The van der Waals surface area contributed by atoms with E-state index in [-0.39, 0.29) is 6.03 Å². The first-order valence-corrected chi connectivity index (χ1v) is 8.16.